The number of aromatic nitrogens is 1. The molecule has 1 aromatic heterocycles. The number of benzene rings is 2. The van der Waals surface area contributed by atoms with Gasteiger partial charge in [-0.3, -0.25) is 9.69 Å². The molecule has 7 nitrogen and oxygen atoms in total. The average molecular weight is 531 g/mol. The molecule has 8 heteroatoms. The summed E-state index contributed by atoms with van der Waals surface area (Å²) in [6, 6.07) is 20.1. The maximum Gasteiger partial charge on any atom is 0.270 e. The van der Waals surface area contributed by atoms with E-state index in [0.717, 1.165) is 80.0 Å². The Morgan fingerprint density at radius 3 is 2.45 bits per heavy atom. The smallest absolute Gasteiger partial charge is 0.270 e. The van der Waals surface area contributed by atoms with E-state index in [9.17, 15) is 10.1 Å². The maximum absolute atomic E-state index is 13.5. The highest BCUT2D eigenvalue weighted by Crippen LogP contribution is 2.27. The van der Waals surface area contributed by atoms with Gasteiger partial charge in [-0.25, -0.2) is 0 Å². The van der Waals surface area contributed by atoms with Crippen LogP contribution < -0.4 is 9.80 Å². The Hall–Kier alpha value is -3.47. The predicted molar refractivity (Wildman–Crippen MR) is 153 cm³/mol. The summed E-state index contributed by atoms with van der Waals surface area (Å²) in [6.07, 6.45) is 1.07. The van der Waals surface area contributed by atoms with Crippen molar-refractivity contribution in [3.8, 4) is 6.07 Å². The van der Waals surface area contributed by atoms with Crippen LogP contribution in [0.15, 0.2) is 54.6 Å². The van der Waals surface area contributed by atoms with E-state index in [0.29, 0.717) is 18.7 Å². The zero-order valence-electron chi connectivity index (χ0n) is 22.2. The van der Waals surface area contributed by atoms with Crippen LogP contribution in [0.2, 0.25) is 5.02 Å². The van der Waals surface area contributed by atoms with E-state index in [4.69, 9.17) is 11.6 Å². The molecule has 2 aromatic carbocycles. The van der Waals surface area contributed by atoms with Crippen LogP contribution in [0.3, 0.4) is 0 Å². The first-order chi connectivity index (χ1) is 18.4. The standard InChI is InChI=1S/C30H35ClN6O/c1-23-25(22-34-11-6-12-36(14-13-34)28-10-4-3-9-27(28)31)20-29(33(23)2)30(38)37-17-15-35(16-18-37)26-8-5-7-24(19-26)21-32/h3-5,7-10,19-20H,6,11-18,22H2,1-2H3. The Morgan fingerprint density at radius 2 is 1.68 bits per heavy atom. The highest BCUT2D eigenvalue weighted by Gasteiger charge is 2.26. The quantitative estimate of drug-likeness (QED) is 0.485. The summed E-state index contributed by atoms with van der Waals surface area (Å²) in [5.41, 5.74) is 5.93. The normalized spacial score (nSPS) is 16.8. The summed E-state index contributed by atoms with van der Waals surface area (Å²) in [5, 5.41) is 10.0. The second-order valence-electron chi connectivity index (χ2n) is 10.2. The molecule has 3 aromatic rings. The van der Waals surface area contributed by atoms with Crippen molar-refractivity contribution in [1.82, 2.24) is 14.4 Å². The zero-order chi connectivity index (χ0) is 26.6. The van der Waals surface area contributed by atoms with Gasteiger partial charge in [-0.15, -0.1) is 0 Å². The van der Waals surface area contributed by atoms with Crippen LogP contribution in [-0.4, -0.2) is 72.6 Å². The largest absolute Gasteiger partial charge is 0.369 e. The maximum atomic E-state index is 13.5. The number of nitrogens with zero attached hydrogens (tertiary/aromatic N) is 6. The molecule has 0 unspecified atom stereocenters. The molecule has 3 heterocycles. The van der Waals surface area contributed by atoms with Gasteiger partial charge in [0.25, 0.3) is 5.91 Å². The second kappa shape index (κ2) is 11.5. The predicted octanol–water partition coefficient (Wildman–Crippen LogP) is 4.53. The summed E-state index contributed by atoms with van der Waals surface area (Å²) >= 11 is 6.45. The van der Waals surface area contributed by atoms with E-state index in [-0.39, 0.29) is 5.91 Å². The number of halogens is 1. The average Bonchev–Trinajstić information content (AvgIpc) is 3.09. The van der Waals surface area contributed by atoms with Gasteiger partial charge in [0.1, 0.15) is 5.69 Å². The molecule has 0 saturated carbocycles. The molecule has 0 radical (unpaired) electrons. The minimum absolute atomic E-state index is 0.0908. The third-order valence-corrected chi connectivity index (χ3v) is 8.26. The van der Waals surface area contributed by atoms with E-state index >= 15 is 0 Å². The van der Waals surface area contributed by atoms with Gasteiger partial charge in [0.2, 0.25) is 0 Å². The van der Waals surface area contributed by atoms with Crippen molar-refractivity contribution in [2.75, 3.05) is 62.2 Å². The first kappa shape index (κ1) is 26.1. The lowest BCUT2D eigenvalue weighted by Crippen LogP contribution is -2.49. The van der Waals surface area contributed by atoms with Crippen molar-refractivity contribution < 1.29 is 4.79 Å². The lowest BCUT2D eigenvalue weighted by molar-refractivity contribution is 0.0737. The van der Waals surface area contributed by atoms with Crippen molar-refractivity contribution in [3.63, 3.8) is 0 Å². The van der Waals surface area contributed by atoms with Crippen LogP contribution in [0, 0.1) is 18.3 Å². The number of anilines is 2. The van der Waals surface area contributed by atoms with Gasteiger partial charge in [0.05, 0.1) is 22.3 Å². The fourth-order valence-corrected chi connectivity index (χ4v) is 5.80. The fourth-order valence-electron chi connectivity index (χ4n) is 5.55. The Balaban J connectivity index is 1.21. The Kier molecular flexibility index (Phi) is 7.92. The van der Waals surface area contributed by atoms with Crippen molar-refractivity contribution in [3.05, 3.63) is 82.1 Å². The highest BCUT2D eigenvalue weighted by molar-refractivity contribution is 6.33. The number of nitriles is 1. The zero-order valence-corrected chi connectivity index (χ0v) is 23.0. The lowest BCUT2D eigenvalue weighted by Gasteiger charge is -2.36. The van der Waals surface area contributed by atoms with Crippen LogP contribution in [-0.2, 0) is 13.6 Å². The number of piperazine rings is 1. The topological polar surface area (TPSA) is 58.8 Å². The minimum atomic E-state index is 0.0908. The Labute approximate surface area is 230 Å². The molecule has 1 amide bonds. The van der Waals surface area contributed by atoms with Crippen LogP contribution in [0.5, 0.6) is 0 Å². The number of rotatable bonds is 5. The molecule has 0 atom stereocenters. The molecule has 198 valence electrons. The third kappa shape index (κ3) is 5.52. The summed E-state index contributed by atoms with van der Waals surface area (Å²) in [5.74, 6) is 0.0908. The molecule has 0 aliphatic carbocycles. The number of hydrogen-bond acceptors (Lipinski definition) is 5. The molecule has 0 bridgehead atoms. The SMILES string of the molecule is Cc1c(CN2CCCN(c3ccccc3Cl)CC2)cc(C(=O)N2CCN(c3cccc(C#N)c3)CC2)n1C. The van der Waals surface area contributed by atoms with Crippen molar-refractivity contribution >= 4 is 28.9 Å². The molecule has 2 aliphatic heterocycles. The minimum Gasteiger partial charge on any atom is -0.369 e. The summed E-state index contributed by atoms with van der Waals surface area (Å²) in [4.78, 5) is 22.6. The summed E-state index contributed by atoms with van der Waals surface area (Å²) < 4.78 is 2.05. The number of amides is 1. The summed E-state index contributed by atoms with van der Waals surface area (Å²) in [7, 11) is 2.00. The Bertz CT molecular complexity index is 1340. The number of para-hydroxylation sites is 1. The molecule has 2 aliphatic rings. The van der Waals surface area contributed by atoms with Gasteiger partial charge in [0, 0.05) is 77.3 Å². The van der Waals surface area contributed by atoms with E-state index in [1.807, 2.05) is 59.0 Å². The van der Waals surface area contributed by atoms with Gasteiger partial charge >= 0.3 is 0 Å². The number of carbonyl (C=O) groups is 1. The second-order valence-corrected chi connectivity index (χ2v) is 10.6. The molecule has 0 spiro atoms. The molecule has 2 saturated heterocycles. The van der Waals surface area contributed by atoms with Gasteiger partial charge in [-0.1, -0.05) is 29.8 Å². The molecular formula is C30H35ClN6O. The van der Waals surface area contributed by atoms with Crippen LogP contribution >= 0.6 is 11.6 Å². The van der Waals surface area contributed by atoms with Gasteiger partial charge in [-0.2, -0.15) is 5.26 Å². The summed E-state index contributed by atoms with van der Waals surface area (Å²) in [6.45, 7) is 9.70. The fraction of sp³-hybridized carbons (Fsp3) is 0.400. The van der Waals surface area contributed by atoms with Gasteiger partial charge in [0.15, 0.2) is 0 Å². The first-order valence-electron chi connectivity index (χ1n) is 13.4. The monoisotopic (exact) mass is 530 g/mol. The molecule has 5 rings (SSSR count). The molecular weight excluding hydrogens is 496 g/mol. The molecule has 0 N–H and O–H groups in total. The van der Waals surface area contributed by atoms with Crippen molar-refractivity contribution in [1.29, 1.82) is 5.26 Å². The third-order valence-electron chi connectivity index (χ3n) is 7.94. The molecule has 2 fully saturated rings. The van der Waals surface area contributed by atoms with E-state index < -0.39 is 0 Å². The van der Waals surface area contributed by atoms with Crippen LogP contribution in [0.4, 0.5) is 11.4 Å². The van der Waals surface area contributed by atoms with E-state index in [2.05, 4.69) is 39.8 Å². The van der Waals surface area contributed by atoms with Crippen molar-refractivity contribution in [2.45, 2.75) is 19.9 Å². The van der Waals surface area contributed by atoms with Crippen LogP contribution in [0.25, 0.3) is 0 Å². The van der Waals surface area contributed by atoms with Gasteiger partial charge in [-0.05, 0) is 55.3 Å². The number of carbonyl (C=O) groups excluding carboxylic acids is 1. The first-order valence-corrected chi connectivity index (χ1v) is 13.7. The number of hydrogen-bond donors (Lipinski definition) is 0. The van der Waals surface area contributed by atoms with Gasteiger partial charge < -0.3 is 19.3 Å². The Morgan fingerprint density at radius 1 is 0.921 bits per heavy atom. The van der Waals surface area contributed by atoms with E-state index in [1.54, 1.807) is 0 Å². The lowest BCUT2D eigenvalue weighted by atomic mass is 10.2. The van der Waals surface area contributed by atoms with Crippen LogP contribution in [0.1, 0.15) is 33.7 Å². The molecule has 38 heavy (non-hydrogen) atoms. The van der Waals surface area contributed by atoms with E-state index in [1.165, 1.54) is 5.56 Å². The highest BCUT2D eigenvalue weighted by atomic mass is 35.5. The van der Waals surface area contributed by atoms with Crippen molar-refractivity contribution in [2.24, 2.45) is 7.05 Å².